The van der Waals surface area contributed by atoms with E-state index in [2.05, 4.69) is 0 Å². The summed E-state index contributed by atoms with van der Waals surface area (Å²) in [5.74, 6) is -0.164. The van der Waals surface area contributed by atoms with Crippen LogP contribution in [-0.4, -0.2) is 65.8 Å². The normalized spacial score (nSPS) is 45.9. The Balaban J connectivity index is 2.30. The topological polar surface area (TPSA) is 103 Å². The summed E-state index contributed by atoms with van der Waals surface area (Å²) < 4.78 is 5.27. The van der Waals surface area contributed by atoms with Crippen molar-refractivity contribution < 1.29 is 14.9 Å². The molecule has 0 spiro atoms. The van der Waals surface area contributed by atoms with Gasteiger partial charge in [-0.3, -0.25) is 5.41 Å². The minimum absolute atomic E-state index is 0.164. The number of hydrogen-bond acceptors (Lipinski definition) is 4. The molecular weight excluding hydrogens is 185 g/mol. The predicted octanol–water partition coefficient (Wildman–Crippen LogP) is -2.82. The zero-order valence-corrected chi connectivity index (χ0v) is 7.55. The van der Waals surface area contributed by atoms with E-state index in [1.165, 1.54) is 4.90 Å². The molecule has 0 aromatic heterocycles. The highest BCUT2D eigenvalue weighted by Crippen LogP contribution is 2.40. The first-order valence-electron chi connectivity index (χ1n) is 4.35. The van der Waals surface area contributed by atoms with E-state index >= 15 is 0 Å². The maximum atomic E-state index is 9.81. The molecule has 2 fully saturated rings. The van der Waals surface area contributed by atoms with E-state index in [1.54, 1.807) is 0 Å². The van der Waals surface area contributed by atoms with Crippen LogP contribution < -0.4 is 5.73 Å². The zero-order valence-electron chi connectivity index (χ0n) is 7.55. The Labute approximate surface area is 82.6 Å². The molecule has 5 N–H and O–H groups in total. The second-order valence-corrected chi connectivity index (χ2v) is 3.75. The molecule has 6 nitrogen and oxygen atoms in total. The summed E-state index contributed by atoms with van der Waals surface area (Å²) in [6.07, 6.45) is -0.897. The summed E-state index contributed by atoms with van der Waals surface area (Å²) in [7, 11) is 5.61. The van der Waals surface area contributed by atoms with Gasteiger partial charge in [-0.05, 0) is 0 Å². The number of nitrogens with zero attached hydrogens (tertiary/aromatic N) is 1. The number of guanidine groups is 1. The van der Waals surface area contributed by atoms with Crippen molar-refractivity contribution in [3.05, 3.63) is 0 Å². The molecule has 3 unspecified atom stereocenters. The van der Waals surface area contributed by atoms with Crippen molar-refractivity contribution in [2.75, 3.05) is 13.2 Å². The number of ether oxygens (including phenoxy) is 1. The fourth-order valence-corrected chi connectivity index (χ4v) is 2.20. The molecule has 2 rings (SSSR count). The number of aliphatic hydroxyl groups excluding tert-OH is 2. The molecular formula is C7H12BN3O3. The van der Waals surface area contributed by atoms with Gasteiger partial charge in [-0.25, -0.2) is 0 Å². The van der Waals surface area contributed by atoms with Gasteiger partial charge in [-0.1, -0.05) is 0 Å². The molecule has 2 aliphatic heterocycles. The largest absolute Gasteiger partial charge is 0.393 e. The Morgan fingerprint density at radius 3 is 2.79 bits per heavy atom. The van der Waals surface area contributed by atoms with Crippen LogP contribution in [0.2, 0.25) is 0 Å². The summed E-state index contributed by atoms with van der Waals surface area (Å²) in [4.78, 5) is 1.45. The third-order valence-electron chi connectivity index (χ3n) is 2.94. The van der Waals surface area contributed by atoms with E-state index in [0.717, 1.165) is 0 Å². The quantitative estimate of drug-likeness (QED) is 0.206. The van der Waals surface area contributed by atoms with E-state index in [1.807, 2.05) is 0 Å². The van der Waals surface area contributed by atoms with Crippen LogP contribution in [0.1, 0.15) is 0 Å². The third-order valence-corrected chi connectivity index (χ3v) is 2.94. The van der Waals surface area contributed by atoms with Gasteiger partial charge < -0.3 is 25.6 Å². The molecule has 2 saturated heterocycles. The van der Waals surface area contributed by atoms with Gasteiger partial charge in [0, 0.05) is 6.00 Å². The van der Waals surface area contributed by atoms with Crippen LogP contribution in [-0.2, 0) is 4.74 Å². The first-order valence-corrected chi connectivity index (χ1v) is 4.35. The summed E-state index contributed by atoms with van der Waals surface area (Å²) in [5, 5.41) is 26.2. The van der Waals surface area contributed by atoms with Crippen LogP contribution in [0, 0.1) is 5.41 Å². The monoisotopic (exact) mass is 197 g/mol. The van der Waals surface area contributed by atoms with Gasteiger partial charge in [0.25, 0.3) is 0 Å². The van der Waals surface area contributed by atoms with Gasteiger partial charge in [0.15, 0.2) is 5.96 Å². The molecule has 0 aromatic rings. The van der Waals surface area contributed by atoms with Gasteiger partial charge in [0.1, 0.15) is 19.6 Å². The van der Waals surface area contributed by atoms with E-state index in [-0.39, 0.29) is 19.1 Å². The highest BCUT2D eigenvalue weighted by atomic mass is 16.6. The van der Waals surface area contributed by atoms with Crippen molar-refractivity contribution in [2.45, 2.75) is 23.8 Å². The molecule has 0 amide bonds. The molecule has 2 bridgehead atoms. The van der Waals surface area contributed by atoms with Gasteiger partial charge in [-0.15, -0.1) is 0 Å². The first-order chi connectivity index (χ1) is 6.52. The standard InChI is InChI=1S/C7H12BN3O3/c8-5-3-4(13)7(2-12,14-5)1-11(3)6(9)10/h3-5,12-13H,1-2H2,(H3,9,10)/t3?,4?,5-,7?/m1/s1. The maximum absolute atomic E-state index is 9.81. The molecule has 4 atom stereocenters. The lowest BCUT2D eigenvalue weighted by Gasteiger charge is -2.35. The van der Waals surface area contributed by atoms with Crippen molar-refractivity contribution in [3.63, 3.8) is 0 Å². The third kappa shape index (κ3) is 1.000. The number of likely N-dealkylation sites (tertiary alicyclic amines) is 1. The highest BCUT2D eigenvalue weighted by Gasteiger charge is 2.61. The minimum Gasteiger partial charge on any atom is -0.393 e. The number of nitrogens with two attached hydrogens (primary N) is 1. The smallest absolute Gasteiger partial charge is 0.188 e. The average molecular weight is 197 g/mol. The van der Waals surface area contributed by atoms with Gasteiger partial charge >= 0.3 is 0 Å². The van der Waals surface area contributed by atoms with E-state index in [9.17, 15) is 5.11 Å². The number of rotatable bonds is 1. The molecule has 76 valence electrons. The lowest BCUT2D eigenvalue weighted by atomic mass is 9.90. The summed E-state index contributed by atoms with van der Waals surface area (Å²) in [6, 6.07) is -1.24. The predicted molar refractivity (Wildman–Crippen MR) is 48.9 cm³/mol. The van der Waals surface area contributed by atoms with Crippen LogP contribution in [0.5, 0.6) is 0 Å². The second-order valence-electron chi connectivity index (χ2n) is 3.75. The Morgan fingerprint density at radius 2 is 2.43 bits per heavy atom. The Bertz CT molecular complexity index is 277. The lowest BCUT2D eigenvalue weighted by molar-refractivity contribution is -0.100. The van der Waals surface area contributed by atoms with Crippen molar-refractivity contribution >= 4 is 13.8 Å². The lowest BCUT2D eigenvalue weighted by Crippen LogP contribution is -2.53. The van der Waals surface area contributed by atoms with Crippen molar-refractivity contribution in [1.82, 2.24) is 4.90 Å². The summed E-state index contributed by atoms with van der Waals surface area (Å²) in [6.45, 7) is -0.124. The highest BCUT2D eigenvalue weighted by molar-refractivity contribution is 6.12. The molecule has 2 aliphatic rings. The minimum atomic E-state index is -1.07. The van der Waals surface area contributed by atoms with E-state index in [4.69, 9.17) is 28.8 Å². The molecule has 0 aromatic carbocycles. The van der Waals surface area contributed by atoms with Crippen LogP contribution in [0.25, 0.3) is 0 Å². The van der Waals surface area contributed by atoms with Crippen molar-refractivity contribution in [1.29, 1.82) is 5.41 Å². The van der Waals surface area contributed by atoms with Crippen LogP contribution in [0.3, 0.4) is 0 Å². The Kier molecular flexibility index (Phi) is 1.99. The number of aliphatic hydroxyl groups is 2. The van der Waals surface area contributed by atoms with Gasteiger partial charge in [-0.2, -0.15) is 0 Å². The van der Waals surface area contributed by atoms with E-state index in [0.29, 0.717) is 0 Å². The number of hydrogen-bond donors (Lipinski definition) is 4. The molecule has 7 heteroatoms. The average Bonchev–Trinajstić information content (AvgIpc) is 2.54. The summed E-state index contributed by atoms with van der Waals surface area (Å²) >= 11 is 0. The fraction of sp³-hybridized carbons (Fsp3) is 0.857. The van der Waals surface area contributed by atoms with Crippen LogP contribution in [0.4, 0.5) is 0 Å². The zero-order chi connectivity index (χ0) is 10.5. The van der Waals surface area contributed by atoms with Crippen molar-refractivity contribution in [3.8, 4) is 0 Å². The number of nitrogens with one attached hydrogen (secondary N) is 1. The SMILES string of the molecule is [B][C@@H]1OC2(CO)CN(C(=N)N)C1C2O. The fourth-order valence-electron chi connectivity index (χ4n) is 2.20. The van der Waals surface area contributed by atoms with Crippen molar-refractivity contribution in [2.24, 2.45) is 5.73 Å². The van der Waals surface area contributed by atoms with E-state index < -0.39 is 23.8 Å². The maximum Gasteiger partial charge on any atom is 0.188 e. The Hall–Kier alpha value is -0.785. The molecule has 2 radical (unpaired) electrons. The number of morpholine rings is 1. The van der Waals surface area contributed by atoms with Gasteiger partial charge in [0.05, 0.1) is 19.2 Å². The molecule has 14 heavy (non-hydrogen) atoms. The second kappa shape index (κ2) is 2.85. The van der Waals surface area contributed by atoms with Crippen LogP contribution >= 0.6 is 0 Å². The molecule has 0 saturated carbocycles. The van der Waals surface area contributed by atoms with Crippen LogP contribution in [0.15, 0.2) is 0 Å². The molecule has 0 aliphatic carbocycles. The van der Waals surface area contributed by atoms with Gasteiger partial charge in [0.2, 0.25) is 0 Å². The summed E-state index contributed by atoms with van der Waals surface area (Å²) in [5.41, 5.74) is 4.25. The molecule has 2 heterocycles. The number of fused-ring (bicyclic) bond motifs is 2. The first kappa shape index (κ1) is 9.76. The Morgan fingerprint density at radius 1 is 1.79 bits per heavy atom.